The van der Waals surface area contributed by atoms with Crippen molar-refractivity contribution in [3.8, 4) is 5.75 Å². The first kappa shape index (κ1) is 29.0. The number of nitrogens with one attached hydrogen (secondary N) is 2. The molecule has 3 N–H and O–H groups in total. The molecule has 1 aromatic carbocycles. The quantitative estimate of drug-likeness (QED) is 0.289. The molecule has 12 nitrogen and oxygen atoms in total. The van der Waals surface area contributed by atoms with Crippen molar-refractivity contribution in [3.63, 3.8) is 0 Å². The summed E-state index contributed by atoms with van der Waals surface area (Å²) in [5.74, 6) is -0.657. The standard InChI is InChI=1S/C22H28ClFN3O9P/c1-12(2)34-19(30)13(3)26-37(32,36-15-7-5-14(23)6-8-15)33-11-16-18(29)22(4,24)20(35-16)27-10-9-17(28)25-21(27)31/h5-10,12-13,16,18,20,29H,11H2,1-4H3,(H,26,32)(H,25,28,31)/t13?,16-,18-,20-,22-,37?/m1/s1. The maximum atomic E-state index is 15.5. The minimum Gasteiger partial charge on any atom is -0.462 e. The molecule has 15 heteroatoms. The van der Waals surface area contributed by atoms with E-state index in [-0.39, 0.29) is 5.75 Å². The van der Waals surface area contributed by atoms with Crippen LogP contribution in [0.5, 0.6) is 5.75 Å². The Hall–Kier alpha value is -2.54. The smallest absolute Gasteiger partial charge is 0.459 e. The number of aliphatic hydroxyl groups is 1. The summed E-state index contributed by atoms with van der Waals surface area (Å²) in [6.45, 7) is 5.00. The number of aromatic nitrogens is 2. The highest BCUT2D eigenvalue weighted by Gasteiger charge is 2.55. The van der Waals surface area contributed by atoms with E-state index in [4.69, 9.17) is 30.1 Å². The molecular weight excluding hydrogens is 536 g/mol. The first-order valence-electron chi connectivity index (χ1n) is 11.2. The monoisotopic (exact) mass is 563 g/mol. The molecule has 0 bridgehead atoms. The molecule has 0 amide bonds. The molecule has 1 aromatic heterocycles. The summed E-state index contributed by atoms with van der Waals surface area (Å²) < 4.78 is 51.4. The molecule has 0 radical (unpaired) electrons. The molecule has 0 aliphatic carbocycles. The lowest BCUT2D eigenvalue weighted by atomic mass is 9.98. The minimum absolute atomic E-state index is 0.0746. The Morgan fingerprint density at radius 2 is 1.95 bits per heavy atom. The number of esters is 1. The summed E-state index contributed by atoms with van der Waals surface area (Å²) in [5.41, 5.74) is -4.15. The molecule has 1 saturated heterocycles. The second-order valence-electron chi connectivity index (χ2n) is 8.82. The van der Waals surface area contributed by atoms with E-state index in [0.29, 0.717) is 5.02 Å². The summed E-state index contributed by atoms with van der Waals surface area (Å²) in [7, 11) is -4.36. The number of ether oxygens (including phenoxy) is 2. The maximum Gasteiger partial charge on any atom is 0.459 e. The number of halogens is 2. The number of hydrogen-bond donors (Lipinski definition) is 3. The van der Waals surface area contributed by atoms with Crippen LogP contribution in [0.4, 0.5) is 4.39 Å². The second kappa shape index (κ2) is 11.5. The number of carbonyl (C=O) groups is 1. The van der Waals surface area contributed by atoms with Gasteiger partial charge in [0.2, 0.25) is 0 Å². The van der Waals surface area contributed by atoms with Gasteiger partial charge in [-0.25, -0.2) is 13.8 Å². The van der Waals surface area contributed by atoms with Crippen molar-refractivity contribution < 1.29 is 37.4 Å². The zero-order valence-corrected chi connectivity index (χ0v) is 22.1. The fraction of sp³-hybridized carbons (Fsp3) is 0.500. The van der Waals surface area contributed by atoms with Crippen LogP contribution in [0.15, 0.2) is 46.1 Å². The Balaban J connectivity index is 1.81. The number of aromatic amines is 1. The van der Waals surface area contributed by atoms with Crippen molar-refractivity contribution in [2.45, 2.75) is 63.9 Å². The molecule has 1 aliphatic heterocycles. The lowest BCUT2D eigenvalue weighted by Gasteiger charge is -2.25. The Morgan fingerprint density at radius 1 is 1.30 bits per heavy atom. The van der Waals surface area contributed by atoms with Crippen molar-refractivity contribution >= 4 is 25.3 Å². The highest BCUT2D eigenvalue weighted by molar-refractivity contribution is 7.52. The molecule has 2 heterocycles. The topological polar surface area (TPSA) is 158 Å². The molecular formula is C22H28ClFN3O9P. The number of hydrogen-bond acceptors (Lipinski definition) is 9. The van der Waals surface area contributed by atoms with Crippen molar-refractivity contribution in [3.05, 3.63) is 62.4 Å². The normalized spacial score (nSPS) is 26.0. The van der Waals surface area contributed by atoms with E-state index in [1.165, 1.54) is 31.2 Å². The third-order valence-corrected chi connectivity index (χ3v) is 7.22. The molecule has 1 fully saturated rings. The van der Waals surface area contributed by atoms with E-state index in [9.17, 15) is 24.1 Å². The van der Waals surface area contributed by atoms with Gasteiger partial charge in [-0.2, -0.15) is 5.09 Å². The van der Waals surface area contributed by atoms with E-state index in [0.717, 1.165) is 23.8 Å². The largest absolute Gasteiger partial charge is 0.462 e. The molecule has 2 unspecified atom stereocenters. The van der Waals surface area contributed by atoms with Crippen LogP contribution >= 0.6 is 19.3 Å². The molecule has 37 heavy (non-hydrogen) atoms. The number of rotatable bonds is 10. The van der Waals surface area contributed by atoms with Crippen molar-refractivity contribution in [2.75, 3.05) is 6.61 Å². The van der Waals surface area contributed by atoms with Gasteiger partial charge in [0.15, 0.2) is 11.9 Å². The van der Waals surface area contributed by atoms with E-state index in [2.05, 4.69) is 5.09 Å². The lowest BCUT2D eigenvalue weighted by Crippen LogP contribution is -2.43. The zero-order chi connectivity index (χ0) is 27.5. The van der Waals surface area contributed by atoms with Gasteiger partial charge < -0.3 is 19.1 Å². The molecule has 204 valence electrons. The van der Waals surface area contributed by atoms with Crippen molar-refractivity contribution in [2.24, 2.45) is 0 Å². The summed E-state index contributed by atoms with van der Waals surface area (Å²) in [4.78, 5) is 37.8. The Labute approximate surface area is 216 Å². The second-order valence-corrected chi connectivity index (χ2v) is 10.9. The molecule has 2 aromatic rings. The highest BCUT2D eigenvalue weighted by atomic mass is 35.5. The van der Waals surface area contributed by atoms with Gasteiger partial charge in [-0.1, -0.05) is 11.6 Å². The van der Waals surface area contributed by atoms with E-state index < -0.39 is 67.8 Å². The van der Waals surface area contributed by atoms with Gasteiger partial charge in [-0.05, 0) is 52.0 Å². The van der Waals surface area contributed by atoms with Crippen LogP contribution in [0.25, 0.3) is 0 Å². The Morgan fingerprint density at radius 3 is 2.54 bits per heavy atom. The fourth-order valence-electron chi connectivity index (χ4n) is 3.48. The summed E-state index contributed by atoms with van der Waals surface area (Å²) in [6, 6.07) is 5.62. The molecule has 3 rings (SSSR count). The van der Waals surface area contributed by atoms with Gasteiger partial charge >= 0.3 is 19.4 Å². The number of nitrogens with zero attached hydrogens (tertiary/aromatic N) is 1. The van der Waals surface area contributed by atoms with Gasteiger partial charge in [0, 0.05) is 17.3 Å². The van der Waals surface area contributed by atoms with Crippen LogP contribution in [0.2, 0.25) is 5.02 Å². The zero-order valence-electron chi connectivity index (χ0n) is 20.4. The Bertz CT molecular complexity index is 1270. The number of carbonyl (C=O) groups excluding carboxylic acids is 1. The van der Waals surface area contributed by atoms with E-state index >= 15 is 4.39 Å². The predicted octanol–water partition coefficient (Wildman–Crippen LogP) is 2.31. The van der Waals surface area contributed by atoms with Gasteiger partial charge in [-0.3, -0.25) is 23.7 Å². The lowest BCUT2D eigenvalue weighted by molar-refractivity contribution is -0.149. The summed E-state index contributed by atoms with van der Waals surface area (Å²) >= 11 is 5.87. The highest BCUT2D eigenvalue weighted by Crippen LogP contribution is 2.47. The summed E-state index contributed by atoms with van der Waals surface area (Å²) in [5, 5.41) is 13.4. The van der Waals surface area contributed by atoms with Crippen LogP contribution in [0.1, 0.15) is 33.9 Å². The maximum absolute atomic E-state index is 15.5. The minimum atomic E-state index is -4.36. The number of aliphatic hydroxyl groups excluding tert-OH is 1. The molecule has 6 atom stereocenters. The molecule has 0 saturated carbocycles. The third-order valence-electron chi connectivity index (χ3n) is 5.33. The summed E-state index contributed by atoms with van der Waals surface area (Å²) in [6.07, 6.45) is -4.29. The van der Waals surface area contributed by atoms with Crippen molar-refractivity contribution in [1.29, 1.82) is 0 Å². The van der Waals surface area contributed by atoms with Gasteiger partial charge in [0.05, 0.1) is 12.7 Å². The van der Waals surface area contributed by atoms with Crippen molar-refractivity contribution in [1.82, 2.24) is 14.6 Å². The van der Waals surface area contributed by atoms with Gasteiger partial charge in [-0.15, -0.1) is 0 Å². The third kappa shape index (κ3) is 7.07. The van der Waals surface area contributed by atoms with E-state index in [1.807, 2.05) is 4.98 Å². The number of alkyl halides is 1. The first-order valence-corrected chi connectivity index (χ1v) is 13.2. The van der Waals surface area contributed by atoms with E-state index in [1.54, 1.807) is 13.8 Å². The molecule has 0 spiro atoms. The van der Waals surface area contributed by atoms with Crippen LogP contribution in [0, 0.1) is 0 Å². The fourth-order valence-corrected chi connectivity index (χ4v) is 5.11. The molecule has 1 aliphatic rings. The number of H-pyrrole nitrogens is 1. The predicted molar refractivity (Wildman–Crippen MR) is 130 cm³/mol. The SMILES string of the molecule is CC(C)OC(=O)C(C)NP(=O)(OC[C@H]1O[C@@H](n2ccc(=O)[nH]c2=O)[C@](C)(F)[C@@H]1O)Oc1ccc(Cl)cc1. The van der Waals surface area contributed by atoms with Crippen LogP contribution in [0.3, 0.4) is 0 Å². The van der Waals surface area contributed by atoms with Crippen LogP contribution in [-0.4, -0.2) is 57.3 Å². The average molecular weight is 564 g/mol. The van der Waals surface area contributed by atoms with Crippen LogP contribution < -0.4 is 20.9 Å². The Kier molecular flexibility index (Phi) is 8.99. The average Bonchev–Trinajstić information content (AvgIpc) is 3.02. The number of benzene rings is 1. The first-order chi connectivity index (χ1) is 17.2. The van der Waals surface area contributed by atoms with Crippen LogP contribution in [-0.2, 0) is 23.4 Å². The van der Waals surface area contributed by atoms with Gasteiger partial charge in [0.1, 0.15) is 24.0 Å². The van der Waals surface area contributed by atoms with Gasteiger partial charge in [0.25, 0.3) is 5.56 Å².